The van der Waals surface area contributed by atoms with Gasteiger partial charge >= 0.3 is 0 Å². The summed E-state index contributed by atoms with van der Waals surface area (Å²) < 4.78 is 0. The van der Waals surface area contributed by atoms with Gasteiger partial charge in [0.1, 0.15) is 11.3 Å². The topological polar surface area (TPSA) is 69.6 Å². The number of amides is 2. The Balaban J connectivity index is 1.32. The molecule has 1 atom stereocenters. The number of aliphatic hydroxyl groups is 1. The van der Waals surface area contributed by atoms with Gasteiger partial charge in [0.25, 0.3) is 11.8 Å². The van der Waals surface area contributed by atoms with Gasteiger partial charge < -0.3 is 10.4 Å². The first kappa shape index (κ1) is 18.0. The monoisotopic (exact) mass is 388 g/mol. The molecule has 0 saturated heterocycles. The van der Waals surface area contributed by atoms with Crippen molar-refractivity contribution in [1.82, 2.24) is 0 Å². The molecule has 5 nitrogen and oxygen atoms in total. The van der Waals surface area contributed by atoms with Crippen LogP contribution in [0.5, 0.6) is 0 Å². The Morgan fingerprint density at radius 3 is 2.48 bits per heavy atom. The standard InChI is InChI=1S/C24H24N2O3/c27-22-20-14-17-8-4-5-9-19(17)26(20)24(29)21(22)23(28)25-18-12-10-16(11-13-18)15-6-2-1-3-7-15/h4-5,8-13,15,20,27H,1-3,6-7,14H2,(H,25,28). The number of aliphatic hydroxyl groups excluding tert-OH is 1. The lowest BCUT2D eigenvalue weighted by Crippen LogP contribution is -2.33. The summed E-state index contributed by atoms with van der Waals surface area (Å²) in [5.74, 6) is -0.523. The van der Waals surface area contributed by atoms with Gasteiger partial charge in [-0.25, -0.2) is 0 Å². The highest BCUT2D eigenvalue weighted by Gasteiger charge is 2.47. The Labute approximate surface area is 170 Å². The molecule has 1 aliphatic carbocycles. The molecule has 2 aromatic carbocycles. The summed E-state index contributed by atoms with van der Waals surface area (Å²) in [5, 5.41) is 13.4. The van der Waals surface area contributed by atoms with Crippen LogP contribution >= 0.6 is 0 Å². The second-order valence-corrected chi connectivity index (χ2v) is 8.20. The van der Waals surface area contributed by atoms with E-state index in [-0.39, 0.29) is 11.3 Å². The minimum atomic E-state index is -0.551. The third-order valence-corrected chi connectivity index (χ3v) is 6.45. The molecule has 1 saturated carbocycles. The third kappa shape index (κ3) is 3.01. The first-order valence-corrected chi connectivity index (χ1v) is 10.4. The van der Waals surface area contributed by atoms with E-state index in [9.17, 15) is 14.7 Å². The predicted octanol–water partition coefficient (Wildman–Crippen LogP) is 4.46. The highest BCUT2D eigenvalue weighted by molar-refractivity contribution is 6.30. The van der Waals surface area contributed by atoms with E-state index in [0.29, 0.717) is 18.0 Å². The lowest BCUT2D eigenvalue weighted by atomic mass is 9.84. The largest absolute Gasteiger partial charge is 0.509 e. The van der Waals surface area contributed by atoms with Crippen LogP contribution in [0.15, 0.2) is 59.9 Å². The van der Waals surface area contributed by atoms with E-state index in [2.05, 4.69) is 17.4 Å². The van der Waals surface area contributed by atoms with Gasteiger partial charge in [0.15, 0.2) is 0 Å². The van der Waals surface area contributed by atoms with E-state index in [4.69, 9.17) is 0 Å². The average molecular weight is 388 g/mol. The van der Waals surface area contributed by atoms with Gasteiger partial charge in [-0.2, -0.15) is 0 Å². The quantitative estimate of drug-likeness (QED) is 0.763. The number of nitrogens with one attached hydrogen (secondary N) is 1. The number of hydrogen-bond donors (Lipinski definition) is 2. The molecular formula is C24H24N2O3. The number of rotatable bonds is 3. The van der Waals surface area contributed by atoms with Crippen molar-refractivity contribution in [3.63, 3.8) is 0 Å². The van der Waals surface area contributed by atoms with Gasteiger partial charge in [-0.1, -0.05) is 49.6 Å². The van der Waals surface area contributed by atoms with Crippen LogP contribution in [-0.4, -0.2) is 23.0 Å². The first-order chi connectivity index (χ1) is 14.1. The average Bonchev–Trinajstić information content (AvgIpc) is 3.25. The number of fused-ring (bicyclic) bond motifs is 3. The van der Waals surface area contributed by atoms with Crippen molar-refractivity contribution in [2.45, 2.75) is 50.5 Å². The van der Waals surface area contributed by atoms with E-state index in [1.165, 1.54) is 42.6 Å². The zero-order valence-electron chi connectivity index (χ0n) is 16.2. The molecule has 0 spiro atoms. The van der Waals surface area contributed by atoms with Gasteiger partial charge in [0, 0.05) is 17.8 Å². The van der Waals surface area contributed by atoms with Crippen LogP contribution in [0.1, 0.15) is 49.1 Å². The lowest BCUT2D eigenvalue weighted by molar-refractivity contribution is -0.119. The Morgan fingerprint density at radius 2 is 1.72 bits per heavy atom. The smallest absolute Gasteiger partial charge is 0.268 e. The molecule has 2 heterocycles. The Kier molecular flexibility index (Phi) is 4.38. The van der Waals surface area contributed by atoms with Crippen molar-refractivity contribution < 1.29 is 14.7 Å². The van der Waals surface area contributed by atoms with Crippen LogP contribution in [0.2, 0.25) is 0 Å². The van der Waals surface area contributed by atoms with E-state index in [1.54, 1.807) is 0 Å². The fraction of sp³-hybridized carbons (Fsp3) is 0.333. The number of anilines is 2. The predicted molar refractivity (Wildman–Crippen MR) is 112 cm³/mol. The van der Waals surface area contributed by atoms with Crippen molar-refractivity contribution in [1.29, 1.82) is 0 Å². The summed E-state index contributed by atoms with van der Waals surface area (Å²) >= 11 is 0. The summed E-state index contributed by atoms with van der Waals surface area (Å²) in [6.45, 7) is 0. The number of para-hydroxylation sites is 1. The number of carbonyl (C=O) groups is 2. The molecule has 2 aromatic rings. The third-order valence-electron chi connectivity index (χ3n) is 6.45. The van der Waals surface area contributed by atoms with Crippen molar-refractivity contribution in [2.75, 3.05) is 10.2 Å². The molecule has 1 unspecified atom stereocenters. The molecule has 5 rings (SSSR count). The molecule has 2 N–H and O–H groups in total. The van der Waals surface area contributed by atoms with E-state index >= 15 is 0 Å². The molecule has 1 fully saturated rings. The van der Waals surface area contributed by atoms with Crippen LogP contribution in [0.25, 0.3) is 0 Å². The number of benzene rings is 2. The summed E-state index contributed by atoms with van der Waals surface area (Å²) in [4.78, 5) is 27.2. The van der Waals surface area contributed by atoms with Crippen molar-refractivity contribution >= 4 is 23.2 Å². The maximum Gasteiger partial charge on any atom is 0.268 e. The number of hydrogen-bond acceptors (Lipinski definition) is 3. The molecule has 3 aliphatic rings. The Morgan fingerprint density at radius 1 is 1.00 bits per heavy atom. The van der Waals surface area contributed by atoms with Crippen LogP contribution in [0.3, 0.4) is 0 Å². The zero-order valence-corrected chi connectivity index (χ0v) is 16.2. The van der Waals surface area contributed by atoms with Gasteiger partial charge in [0.2, 0.25) is 0 Å². The normalized spacial score (nSPS) is 21.3. The lowest BCUT2D eigenvalue weighted by Gasteiger charge is -2.22. The molecule has 0 bridgehead atoms. The fourth-order valence-corrected chi connectivity index (χ4v) is 4.93. The molecule has 148 valence electrons. The Bertz CT molecular complexity index is 1000. The van der Waals surface area contributed by atoms with Crippen LogP contribution in [0, 0.1) is 0 Å². The van der Waals surface area contributed by atoms with Crippen LogP contribution in [0.4, 0.5) is 11.4 Å². The van der Waals surface area contributed by atoms with Crippen molar-refractivity contribution in [3.05, 3.63) is 71.0 Å². The number of carbonyl (C=O) groups excluding carboxylic acids is 2. The van der Waals surface area contributed by atoms with Gasteiger partial charge in [-0.3, -0.25) is 14.5 Å². The maximum absolute atomic E-state index is 12.9. The van der Waals surface area contributed by atoms with E-state index in [1.807, 2.05) is 36.4 Å². The van der Waals surface area contributed by atoms with Gasteiger partial charge in [-0.05, 0) is 48.1 Å². The highest BCUT2D eigenvalue weighted by atomic mass is 16.3. The second-order valence-electron chi connectivity index (χ2n) is 8.20. The van der Waals surface area contributed by atoms with Gasteiger partial charge in [-0.15, -0.1) is 0 Å². The highest BCUT2D eigenvalue weighted by Crippen LogP contribution is 2.40. The minimum Gasteiger partial charge on any atom is -0.509 e. The summed E-state index contributed by atoms with van der Waals surface area (Å²) in [7, 11) is 0. The van der Waals surface area contributed by atoms with Crippen LogP contribution in [-0.2, 0) is 16.0 Å². The van der Waals surface area contributed by atoms with E-state index in [0.717, 1.165) is 11.3 Å². The Hall–Kier alpha value is -3.08. The maximum atomic E-state index is 12.9. The number of nitrogens with zero attached hydrogens (tertiary/aromatic N) is 1. The molecule has 29 heavy (non-hydrogen) atoms. The summed E-state index contributed by atoms with van der Waals surface area (Å²) in [6.07, 6.45) is 6.85. The molecule has 2 aliphatic heterocycles. The summed E-state index contributed by atoms with van der Waals surface area (Å²) in [5.41, 5.74) is 3.57. The minimum absolute atomic E-state index is 0.137. The molecule has 5 heteroatoms. The molecule has 0 radical (unpaired) electrons. The molecular weight excluding hydrogens is 364 g/mol. The molecule has 0 aromatic heterocycles. The SMILES string of the molecule is O=C(Nc1ccc(C2CCCCC2)cc1)C1=C(O)C2Cc3ccccc3N2C1=O. The molecule has 2 amide bonds. The zero-order chi connectivity index (χ0) is 20.0. The first-order valence-electron chi connectivity index (χ1n) is 10.4. The summed E-state index contributed by atoms with van der Waals surface area (Å²) in [6, 6.07) is 15.0. The van der Waals surface area contributed by atoms with E-state index < -0.39 is 17.9 Å². The van der Waals surface area contributed by atoms with Crippen molar-refractivity contribution in [3.8, 4) is 0 Å². The second kappa shape index (κ2) is 7.07. The van der Waals surface area contributed by atoms with Crippen molar-refractivity contribution in [2.24, 2.45) is 0 Å². The van der Waals surface area contributed by atoms with Gasteiger partial charge in [0.05, 0.1) is 6.04 Å². The fourth-order valence-electron chi connectivity index (χ4n) is 4.93. The van der Waals surface area contributed by atoms with Crippen LogP contribution < -0.4 is 10.2 Å².